The Morgan fingerprint density at radius 2 is 2.20 bits per heavy atom. The molecule has 0 aliphatic carbocycles. The number of ether oxygens (including phenoxy) is 1. The third kappa shape index (κ3) is 2.60. The Hall–Kier alpha value is -0.960. The summed E-state index contributed by atoms with van der Waals surface area (Å²) in [7, 11) is -2.00. The SMILES string of the molecule is COC1CCN(S(=O)(=O)c2c(C)noc2C)C(CN)C1. The topological polar surface area (TPSA) is 98.7 Å². The molecule has 2 heterocycles. The van der Waals surface area contributed by atoms with Gasteiger partial charge in [0.1, 0.15) is 10.6 Å². The van der Waals surface area contributed by atoms with Gasteiger partial charge in [-0.15, -0.1) is 0 Å². The number of rotatable bonds is 4. The van der Waals surface area contributed by atoms with Crippen molar-refractivity contribution in [3.63, 3.8) is 0 Å². The number of methoxy groups -OCH3 is 1. The molecule has 0 saturated carbocycles. The molecule has 0 radical (unpaired) electrons. The van der Waals surface area contributed by atoms with Gasteiger partial charge < -0.3 is 15.0 Å². The summed E-state index contributed by atoms with van der Waals surface area (Å²) in [4.78, 5) is 0.159. The van der Waals surface area contributed by atoms with Crippen LogP contribution in [0.15, 0.2) is 9.42 Å². The maximum atomic E-state index is 12.8. The molecule has 0 bridgehead atoms. The number of piperidine rings is 1. The summed E-state index contributed by atoms with van der Waals surface area (Å²) < 4.78 is 37.3. The van der Waals surface area contributed by atoms with Crippen LogP contribution in [0.1, 0.15) is 24.3 Å². The summed E-state index contributed by atoms with van der Waals surface area (Å²) in [5.74, 6) is 0.312. The smallest absolute Gasteiger partial charge is 0.248 e. The van der Waals surface area contributed by atoms with Crippen LogP contribution in [0.25, 0.3) is 0 Å². The lowest BCUT2D eigenvalue weighted by Gasteiger charge is -2.37. The van der Waals surface area contributed by atoms with Gasteiger partial charge in [0.15, 0.2) is 5.76 Å². The molecule has 0 spiro atoms. The number of nitrogens with zero attached hydrogens (tertiary/aromatic N) is 2. The van der Waals surface area contributed by atoms with Crippen LogP contribution >= 0.6 is 0 Å². The Balaban J connectivity index is 2.34. The van der Waals surface area contributed by atoms with Crippen LogP contribution in [-0.2, 0) is 14.8 Å². The van der Waals surface area contributed by atoms with E-state index >= 15 is 0 Å². The maximum Gasteiger partial charge on any atom is 0.248 e. The van der Waals surface area contributed by atoms with Crippen molar-refractivity contribution in [1.82, 2.24) is 9.46 Å². The second kappa shape index (κ2) is 5.80. The molecule has 2 N–H and O–H groups in total. The van der Waals surface area contributed by atoms with Gasteiger partial charge in [0.25, 0.3) is 0 Å². The molecule has 2 rings (SSSR count). The molecule has 1 aliphatic heterocycles. The van der Waals surface area contributed by atoms with Crippen molar-refractivity contribution in [2.24, 2.45) is 5.73 Å². The Kier molecular flexibility index (Phi) is 4.48. The Morgan fingerprint density at radius 1 is 1.50 bits per heavy atom. The van der Waals surface area contributed by atoms with E-state index in [4.69, 9.17) is 15.0 Å². The lowest BCUT2D eigenvalue weighted by atomic mass is 10.0. The van der Waals surface area contributed by atoms with E-state index in [0.29, 0.717) is 30.8 Å². The van der Waals surface area contributed by atoms with Crippen LogP contribution in [0.3, 0.4) is 0 Å². The van der Waals surface area contributed by atoms with E-state index in [1.54, 1.807) is 21.0 Å². The first-order valence-corrected chi connectivity index (χ1v) is 8.03. The fraction of sp³-hybridized carbons (Fsp3) is 0.750. The van der Waals surface area contributed by atoms with Crippen LogP contribution in [-0.4, -0.2) is 50.2 Å². The molecular formula is C12H21N3O4S. The van der Waals surface area contributed by atoms with E-state index in [2.05, 4.69) is 5.16 Å². The normalized spacial score (nSPS) is 25.0. The van der Waals surface area contributed by atoms with Crippen molar-refractivity contribution in [3.05, 3.63) is 11.5 Å². The number of aromatic nitrogens is 1. The molecule has 7 nitrogen and oxygen atoms in total. The molecule has 2 atom stereocenters. The average molecular weight is 303 g/mol. The summed E-state index contributed by atoms with van der Waals surface area (Å²) in [5, 5.41) is 3.72. The number of nitrogens with two attached hydrogens (primary N) is 1. The summed E-state index contributed by atoms with van der Waals surface area (Å²) >= 11 is 0. The monoisotopic (exact) mass is 303 g/mol. The summed E-state index contributed by atoms with van der Waals surface area (Å²) in [5.41, 5.74) is 6.12. The van der Waals surface area contributed by atoms with Crippen LogP contribution in [0.5, 0.6) is 0 Å². The van der Waals surface area contributed by atoms with Gasteiger partial charge in [0, 0.05) is 26.2 Å². The van der Waals surface area contributed by atoms with Crippen LogP contribution < -0.4 is 5.73 Å². The van der Waals surface area contributed by atoms with Crippen molar-refractivity contribution in [2.75, 3.05) is 20.2 Å². The van der Waals surface area contributed by atoms with E-state index in [1.807, 2.05) is 0 Å². The second-order valence-corrected chi connectivity index (χ2v) is 6.87. The third-order valence-corrected chi connectivity index (χ3v) is 5.95. The summed E-state index contributed by atoms with van der Waals surface area (Å²) in [6.45, 7) is 3.89. The number of sulfonamides is 1. The minimum absolute atomic E-state index is 0.0552. The fourth-order valence-electron chi connectivity index (χ4n) is 2.70. The van der Waals surface area contributed by atoms with Crippen molar-refractivity contribution < 1.29 is 17.7 Å². The molecule has 1 aliphatic rings. The van der Waals surface area contributed by atoms with E-state index in [1.165, 1.54) is 4.31 Å². The highest BCUT2D eigenvalue weighted by atomic mass is 32.2. The molecule has 1 saturated heterocycles. The maximum absolute atomic E-state index is 12.8. The minimum atomic E-state index is -3.63. The highest BCUT2D eigenvalue weighted by Crippen LogP contribution is 2.29. The Morgan fingerprint density at radius 3 is 2.70 bits per heavy atom. The molecule has 1 aromatic heterocycles. The van der Waals surface area contributed by atoms with Crippen LogP contribution in [0.2, 0.25) is 0 Å². The summed E-state index contributed by atoms with van der Waals surface area (Å²) in [6.07, 6.45) is 1.32. The van der Waals surface area contributed by atoms with Gasteiger partial charge in [-0.05, 0) is 26.7 Å². The highest BCUT2D eigenvalue weighted by Gasteiger charge is 2.39. The predicted molar refractivity (Wildman–Crippen MR) is 72.7 cm³/mol. The van der Waals surface area contributed by atoms with E-state index in [0.717, 1.165) is 0 Å². The second-order valence-electron chi connectivity index (χ2n) is 5.04. The van der Waals surface area contributed by atoms with Crippen molar-refractivity contribution in [3.8, 4) is 0 Å². The van der Waals surface area contributed by atoms with Gasteiger partial charge in [-0.2, -0.15) is 4.31 Å². The molecule has 0 amide bonds. The Bertz CT molecular complexity index is 550. The molecule has 2 unspecified atom stereocenters. The number of hydrogen-bond donors (Lipinski definition) is 1. The first kappa shape index (κ1) is 15.4. The average Bonchev–Trinajstić information content (AvgIpc) is 2.77. The minimum Gasteiger partial charge on any atom is -0.381 e. The van der Waals surface area contributed by atoms with Crippen molar-refractivity contribution in [1.29, 1.82) is 0 Å². The first-order chi connectivity index (χ1) is 9.41. The molecule has 20 heavy (non-hydrogen) atoms. The lowest BCUT2D eigenvalue weighted by Crippen LogP contribution is -2.51. The lowest BCUT2D eigenvalue weighted by molar-refractivity contribution is 0.0401. The van der Waals surface area contributed by atoms with Crippen molar-refractivity contribution >= 4 is 10.0 Å². The molecular weight excluding hydrogens is 282 g/mol. The zero-order valence-electron chi connectivity index (χ0n) is 12.0. The van der Waals surface area contributed by atoms with Crippen LogP contribution in [0.4, 0.5) is 0 Å². The van der Waals surface area contributed by atoms with Crippen LogP contribution in [0, 0.1) is 13.8 Å². The zero-order valence-corrected chi connectivity index (χ0v) is 12.8. The summed E-state index contributed by atoms with van der Waals surface area (Å²) in [6, 6.07) is -0.257. The molecule has 0 aromatic carbocycles. The van der Waals surface area contributed by atoms with Gasteiger partial charge in [0.05, 0.1) is 6.10 Å². The molecule has 8 heteroatoms. The van der Waals surface area contributed by atoms with E-state index in [-0.39, 0.29) is 23.6 Å². The molecule has 114 valence electrons. The van der Waals surface area contributed by atoms with Gasteiger partial charge >= 0.3 is 0 Å². The standard InChI is InChI=1S/C12H21N3O4S/c1-8-12(9(2)19-14-8)20(16,17)15-5-4-11(18-3)6-10(15)7-13/h10-11H,4-7,13H2,1-3H3. The number of aryl methyl sites for hydroxylation is 2. The highest BCUT2D eigenvalue weighted by molar-refractivity contribution is 7.89. The largest absolute Gasteiger partial charge is 0.381 e. The van der Waals surface area contributed by atoms with Gasteiger partial charge in [-0.25, -0.2) is 8.42 Å². The molecule has 1 fully saturated rings. The van der Waals surface area contributed by atoms with Crippen molar-refractivity contribution in [2.45, 2.75) is 43.7 Å². The number of hydrogen-bond acceptors (Lipinski definition) is 6. The quantitative estimate of drug-likeness (QED) is 0.865. The fourth-order valence-corrected chi connectivity index (χ4v) is 4.65. The first-order valence-electron chi connectivity index (χ1n) is 6.59. The van der Waals surface area contributed by atoms with Gasteiger partial charge in [-0.1, -0.05) is 5.16 Å². The van der Waals surface area contributed by atoms with Gasteiger partial charge in [-0.3, -0.25) is 0 Å². The predicted octanol–water partition coefficient (Wildman–Crippen LogP) is 0.418. The third-order valence-electron chi connectivity index (χ3n) is 3.75. The molecule has 1 aromatic rings. The van der Waals surface area contributed by atoms with Gasteiger partial charge in [0.2, 0.25) is 10.0 Å². The zero-order chi connectivity index (χ0) is 14.9. The Labute approximate surface area is 119 Å². The van der Waals surface area contributed by atoms with E-state index in [9.17, 15) is 8.42 Å². The van der Waals surface area contributed by atoms with E-state index < -0.39 is 10.0 Å².